The number of carbonyl (C=O) groups is 1. The molecule has 23 heavy (non-hydrogen) atoms. The van der Waals surface area contributed by atoms with Gasteiger partial charge in [-0.3, -0.25) is 4.79 Å². The lowest BCUT2D eigenvalue weighted by molar-refractivity contribution is 0.0787. The van der Waals surface area contributed by atoms with Crippen molar-refractivity contribution in [1.82, 2.24) is 9.80 Å². The Morgan fingerprint density at radius 1 is 1.13 bits per heavy atom. The van der Waals surface area contributed by atoms with Gasteiger partial charge in [0.1, 0.15) is 0 Å². The van der Waals surface area contributed by atoms with E-state index in [-0.39, 0.29) is 5.91 Å². The van der Waals surface area contributed by atoms with Crippen LogP contribution in [0.25, 0.3) is 0 Å². The molecule has 3 rings (SSSR count). The van der Waals surface area contributed by atoms with E-state index in [2.05, 4.69) is 28.9 Å². The molecule has 2 aliphatic rings. The van der Waals surface area contributed by atoms with Crippen molar-refractivity contribution < 1.29 is 4.79 Å². The minimum atomic E-state index is 0.142. The molecule has 2 saturated heterocycles. The summed E-state index contributed by atoms with van der Waals surface area (Å²) in [6.07, 6.45) is 1.03. The summed E-state index contributed by atoms with van der Waals surface area (Å²) in [4.78, 5) is 19.4. The molecular weight excluding hydrogens is 288 g/mol. The van der Waals surface area contributed by atoms with Gasteiger partial charge < -0.3 is 20.4 Å². The van der Waals surface area contributed by atoms with Crippen molar-refractivity contribution in [2.45, 2.75) is 13.3 Å². The molecule has 5 nitrogen and oxygen atoms in total. The van der Waals surface area contributed by atoms with E-state index < -0.39 is 0 Å². The third-order valence-electron chi connectivity index (χ3n) is 5.21. The first kappa shape index (κ1) is 16.3. The van der Waals surface area contributed by atoms with E-state index in [0.717, 1.165) is 57.8 Å². The van der Waals surface area contributed by atoms with Crippen LogP contribution in [-0.4, -0.2) is 68.1 Å². The van der Waals surface area contributed by atoms with Crippen LogP contribution in [0.2, 0.25) is 0 Å². The Labute approximate surface area is 139 Å². The summed E-state index contributed by atoms with van der Waals surface area (Å²) < 4.78 is 0. The second-order valence-corrected chi connectivity index (χ2v) is 6.61. The molecule has 2 fully saturated rings. The zero-order chi connectivity index (χ0) is 16.2. The quantitative estimate of drug-likeness (QED) is 0.908. The largest absolute Gasteiger partial charge is 0.369 e. The molecule has 1 aromatic rings. The van der Waals surface area contributed by atoms with Gasteiger partial charge in [-0.15, -0.1) is 0 Å². The Morgan fingerprint density at radius 2 is 1.83 bits per heavy atom. The summed E-state index contributed by atoms with van der Waals surface area (Å²) in [5, 5.41) is 0. The van der Waals surface area contributed by atoms with Crippen LogP contribution in [0.15, 0.2) is 24.3 Å². The van der Waals surface area contributed by atoms with Crippen molar-refractivity contribution in [1.29, 1.82) is 0 Å². The maximum Gasteiger partial charge on any atom is 0.253 e. The lowest BCUT2D eigenvalue weighted by Gasteiger charge is -2.35. The molecule has 2 heterocycles. The lowest BCUT2D eigenvalue weighted by Crippen LogP contribution is -2.46. The normalized spacial score (nSPS) is 22.6. The van der Waals surface area contributed by atoms with Gasteiger partial charge in [-0.2, -0.15) is 0 Å². The Kier molecular flexibility index (Phi) is 5.18. The average molecular weight is 316 g/mol. The van der Waals surface area contributed by atoms with Crippen molar-refractivity contribution in [3.63, 3.8) is 0 Å². The number of hydrogen-bond acceptors (Lipinski definition) is 4. The molecule has 1 atom stereocenters. The minimum Gasteiger partial charge on any atom is -0.369 e. The van der Waals surface area contributed by atoms with E-state index in [9.17, 15) is 4.79 Å². The molecule has 0 bridgehead atoms. The Bertz CT molecular complexity index is 522. The maximum atomic E-state index is 12.5. The van der Waals surface area contributed by atoms with Crippen molar-refractivity contribution >= 4 is 11.6 Å². The zero-order valence-corrected chi connectivity index (χ0v) is 14.1. The van der Waals surface area contributed by atoms with Crippen LogP contribution < -0.4 is 10.6 Å². The summed E-state index contributed by atoms with van der Waals surface area (Å²) in [5.74, 6) is 0.608. The number of carbonyl (C=O) groups excluding carboxylic acids is 1. The van der Waals surface area contributed by atoms with E-state index in [4.69, 9.17) is 5.73 Å². The van der Waals surface area contributed by atoms with Crippen molar-refractivity contribution in [3.8, 4) is 0 Å². The van der Waals surface area contributed by atoms with Gasteiger partial charge in [0.2, 0.25) is 0 Å². The van der Waals surface area contributed by atoms with E-state index in [0.29, 0.717) is 12.5 Å². The molecule has 1 unspecified atom stereocenters. The minimum absolute atomic E-state index is 0.142. The third-order valence-corrected chi connectivity index (χ3v) is 5.21. The van der Waals surface area contributed by atoms with Gasteiger partial charge >= 0.3 is 0 Å². The van der Waals surface area contributed by atoms with Gasteiger partial charge in [0.05, 0.1) is 0 Å². The molecule has 1 amide bonds. The average Bonchev–Trinajstić information content (AvgIpc) is 3.10. The number of likely N-dealkylation sites (tertiary alicyclic amines) is 1. The smallest absolute Gasteiger partial charge is 0.253 e. The Hall–Kier alpha value is -1.59. The zero-order valence-electron chi connectivity index (χ0n) is 14.1. The predicted octanol–water partition coefficient (Wildman–Crippen LogP) is 1.25. The summed E-state index contributed by atoms with van der Waals surface area (Å²) in [7, 11) is 0. The third kappa shape index (κ3) is 3.67. The van der Waals surface area contributed by atoms with Gasteiger partial charge in [-0.25, -0.2) is 0 Å². The lowest BCUT2D eigenvalue weighted by atomic mass is 10.1. The first-order valence-electron chi connectivity index (χ1n) is 8.78. The van der Waals surface area contributed by atoms with Crippen LogP contribution in [0.3, 0.4) is 0 Å². The van der Waals surface area contributed by atoms with Gasteiger partial charge in [0, 0.05) is 50.5 Å². The Morgan fingerprint density at radius 3 is 2.39 bits per heavy atom. The van der Waals surface area contributed by atoms with Gasteiger partial charge in [0.25, 0.3) is 5.91 Å². The molecule has 0 radical (unpaired) electrons. The molecule has 0 spiro atoms. The van der Waals surface area contributed by atoms with Crippen LogP contribution in [0.5, 0.6) is 0 Å². The van der Waals surface area contributed by atoms with Gasteiger partial charge in [-0.05, 0) is 49.7 Å². The molecule has 0 saturated carbocycles. The van der Waals surface area contributed by atoms with E-state index in [1.165, 1.54) is 5.69 Å². The standard InChI is InChI=1S/C18H28N4O/c1-2-20-9-11-21(12-10-20)17-5-3-16(4-6-17)18(23)22-8-7-15(13-19)14-22/h3-6,15H,2,7-14,19H2,1H3. The van der Waals surface area contributed by atoms with Crippen molar-refractivity contribution in [3.05, 3.63) is 29.8 Å². The van der Waals surface area contributed by atoms with Crippen LogP contribution in [0, 0.1) is 5.92 Å². The topological polar surface area (TPSA) is 52.8 Å². The fraction of sp³-hybridized carbons (Fsp3) is 0.611. The highest BCUT2D eigenvalue weighted by Gasteiger charge is 2.26. The Balaban J connectivity index is 1.60. The molecule has 0 aliphatic carbocycles. The highest BCUT2D eigenvalue weighted by atomic mass is 16.2. The fourth-order valence-electron chi connectivity index (χ4n) is 3.53. The van der Waals surface area contributed by atoms with Crippen molar-refractivity contribution in [2.75, 3.05) is 57.3 Å². The number of hydrogen-bond donors (Lipinski definition) is 1. The molecule has 5 heteroatoms. The number of anilines is 1. The number of rotatable bonds is 4. The molecule has 1 aromatic carbocycles. The molecular formula is C18H28N4O. The van der Waals surface area contributed by atoms with Crippen LogP contribution in [0.1, 0.15) is 23.7 Å². The van der Waals surface area contributed by atoms with Gasteiger partial charge in [0.15, 0.2) is 0 Å². The molecule has 2 N–H and O–H groups in total. The first-order valence-corrected chi connectivity index (χ1v) is 8.78. The summed E-state index contributed by atoms with van der Waals surface area (Å²) >= 11 is 0. The summed E-state index contributed by atoms with van der Waals surface area (Å²) in [6, 6.07) is 8.12. The maximum absolute atomic E-state index is 12.5. The highest BCUT2D eigenvalue weighted by Crippen LogP contribution is 2.21. The van der Waals surface area contributed by atoms with Crippen LogP contribution >= 0.6 is 0 Å². The number of piperazine rings is 1. The SMILES string of the molecule is CCN1CCN(c2ccc(C(=O)N3CCC(CN)C3)cc2)CC1. The number of nitrogens with zero attached hydrogens (tertiary/aromatic N) is 3. The summed E-state index contributed by atoms with van der Waals surface area (Å²) in [6.45, 7) is 10.0. The molecule has 126 valence electrons. The first-order chi connectivity index (χ1) is 11.2. The summed E-state index contributed by atoms with van der Waals surface area (Å²) in [5.41, 5.74) is 7.72. The number of nitrogens with two attached hydrogens (primary N) is 1. The van der Waals surface area contributed by atoms with Crippen LogP contribution in [0.4, 0.5) is 5.69 Å². The van der Waals surface area contributed by atoms with Crippen LogP contribution in [-0.2, 0) is 0 Å². The molecule has 0 aromatic heterocycles. The van der Waals surface area contributed by atoms with Gasteiger partial charge in [-0.1, -0.05) is 6.92 Å². The predicted molar refractivity (Wildman–Crippen MR) is 93.8 cm³/mol. The van der Waals surface area contributed by atoms with E-state index in [1.807, 2.05) is 17.0 Å². The number of likely N-dealkylation sites (N-methyl/N-ethyl adjacent to an activating group) is 1. The number of amides is 1. The highest BCUT2D eigenvalue weighted by molar-refractivity contribution is 5.94. The monoisotopic (exact) mass is 316 g/mol. The molecule has 2 aliphatic heterocycles. The van der Waals surface area contributed by atoms with Crippen molar-refractivity contribution in [2.24, 2.45) is 11.7 Å². The van der Waals surface area contributed by atoms with E-state index >= 15 is 0 Å². The second kappa shape index (κ2) is 7.32. The number of benzene rings is 1. The fourth-order valence-corrected chi connectivity index (χ4v) is 3.53. The van der Waals surface area contributed by atoms with E-state index in [1.54, 1.807) is 0 Å². The second-order valence-electron chi connectivity index (χ2n) is 6.61.